The number of hydrogen-bond donors (Lipinski definition) is 0. The van der Waals surface area contributed by atoms with Gasteiger partial charge in [-0.3, -0.25) is 9.59 Å². The molecule has 3 aliphatic rings. The van der Waals surface area contributed by atoms with Gasteiger partial charge in [0.05, 0.1) is 11.6 Å². The van der Waals surface area contributed by atoms with Crippen LogP contribution in [0.3, 0.4) is 0 Å². The Balaban J connectivity index is 1.42. The van der Waals surface area contributed by atoms with Crippen LogP contribution in [0.4, 0.5) is 5.13 Å². The van der Waals surface area contributed by atoms with Gasteiger partial charge in [-0.05, 0) is 51.4 Å². The summed E-state index contributed by atoms with van der Waals surface area (Å²) in [5.74, 6) is 0.339. The molecule has 144 valence electrons. The van der Waals surface area contributed by atoms with Crippen LogP contribution in [0.25, 0.3) is 4.96 Å². The normalized spacial score (nSPS) is 23.0. The van der Waals surface area contributed by atoms with E-state index in [1.54, 1.807) is 0 Å². The lowest BCUT2D eigenvalue weighted by atomic mass is 9.97. The predicted octanol–water partition coefficient (Wildman–Crippen LogP) is 1.87. The number of amides is 1. The molecule has 1 unspecified atom stereocenters. The van der Waals surface area contributed by atoms with E-state index in [9.17, 15) is 9.59 Å². The fraction of sp³-hybridized carbons (Fsp3) is 0.684. The second-order valence-corrected chi connectivity index (χ2v) is 8.88. The first-order valence-electron chi connectivity index (χ1n) is 10.2. The quantitative estimate of drug-likeness (QED) is 0.787. The van der Waals surface area contributed by atoms with Gasteiger partial charge in [0.25, 0.3) is 5.56 Å². The molecule has 27 heavy (non-hydrogen) atoms. The molecule has 1 aliphatic carbocycles. The molecular weight excluding hydrogens is 362 g/mol. The predicted molar refractivity (Wildman–Crippen MR) is 105 cm³/mol. The maximum atomic E-state index is 12.8. The summed E-state index contributed by atoms with van der Waals surface area (Å²) in [7, 11) is 0. The molecule has 0 radical (unpaired) electrons. The van der Waals surface area contributed by atoms with E-state index in [1.165, 1.54) is 15.9 Å². The standard InChI is InChI=1S/C19H25N5O2S/c25-16(22-9-3-4-10-22)13-6-5-11-23(12-13)19-21-24-17(26)14-7-1-2-8-15(14)20-18(24)27-19/h13H,1-12H2. The van der Waals surface area contributed by atoms with Crippen LogP contribution in [-0.4, -0.2) is 51.6 Å². The zero-order valence-corrected chi connectivity index (χ0v) is 16.3. The summed E-state index contributed by atoms with van der Waals surface area (Å²) in [4.78, 5) is 35.2. The Labute approximate surface area is 162 Å². The minimum absolute atomic E-state index is 0.00102. The fourth-order valence-electron chi connectivity index (χ4n) is 4.64. The summed E-state index contributed by atoms with van der Waals surface area (Å²) < 4.78 is 1.48. The first kappa shape index (κ1) is 17.2. The van der Waals surface area contributed by atoms with Crippen LogP contribution in [0.15, 0.2) is 4.79 Å². The van der Waals surface area contributed by atoms with E-state index in [-0.39, 0.29) is 11.5 Å². The van der Waals surface area contributed by atoms with Crippen molar-refractivity contribution in [1.82, 2.24) is 19.5 Å². The Morgan fingerprint density at radius 1 is 1.04 bits per heavy atom. The zero-order valence-electron chi connectivity index (χ0n) is 15.5. The third-order valence-corrected chi connectivity index (χ3v) is 7.10. The van der Waals surface area contributed by atoms with Gasteiger partial charge in [-0.1, -0.05) is 11.3 Å². The van der Waals surface area contributed by atoms with E-state index >= 15 is 0 Å². The van der Waals surface area contributed by atoms with Crippen LogP contribution in [-0.2, 0) is 17.6 Å². The van der Waals surface area contributed by atoms with E-state index < -0.39 is 0 Å². The molecule has 1 atom stereocenters. The Bertz CT molecular complexity index is 930. The van der Waals surface area contributed by atoms with Crippen molar-refractivity contribution < 1.29 is 4.79 Å². The third kappa shape index (κ3) is 3.03. The van der Waals surface area contributed by atoms with E-state index in [0.717, 1.165) is 87.4 Å². The maximum Gasteiger partial charge on any atom is 0.278 e. The van der Waals surface area contributed by atoms with Crippen LogP contribution >= 0.6 is 11.3 Å². The highest BCUT2D eigenvalue weighted by Gasteiger charge is 2.32. The number of piperidine rings is 1. The van der Waals surface area contributed by atoms with E-state index in [1.807, 2.05) is 4.90 Å². The fourth-order valence-corrected chi connectivity index (χ4v) is 5.59. The van der Waals surface area contributed by atoms with E-state index in [2.05, 4.69) is 10.00 Å². The summed E-state index contributed by atoms with van der Waals surface area (Å²) >= 11 is 1.48. The van der Waals surface area contributed by atoms with Gasteiger partial charge in [0.1, 0.15) is 0 Å². The highest BCUT2D eigenvalue weighted by Crippen LogP contribution is 2.29. The Morgan fingerprint density at radius 2 is 1.85 bits per heavy atom. The molecule has 4 heterocycles. The molecule has 0 bridgehead atoms. The summed E-state index contributed by atoms with van der Waals surface area (Å²) in [5.41, 5.74) is 1.80. The number of aryl methyl sites for hydroxylation is 1. The van der Waals surface area contributed by atoms with Gasteiger partial charge >= 0.3 is 0 Å². The highest BCUT2D eigenvalue weighted by molar-refractivity contribution is 7.20. The van der Waals surface area contributed by atoms with Gasteiger partial charge in [-0.2, -0.15) is 4.52 Å². The summed E-state index contributed by atoms with van der Waals surface area (Å²) in [6.45, 7) is 3.39. The molecular formula is C19H25N5O2S. The molecule has 5 rings (SSSR count). The minimum atomic E-state index is -0.00102. The summed E-state index contributed by atoms with van der Waals surface area (Å²) in [5, 5.41) is 5.42. The largest absolute Gasteiger partial charge is 0.346 e. The average molecular weight is 388 g/mol. The number of hydrogen-bond acceptors (Lipinski definition) is 6. The zero-order chi connectivity index (χ0) is 18.4. The molecule has 2 saturated heterocycles. The molecule has 7 nitrogen and oxygen atoms in total. The van der Waals surface area contributed by atoms with Crippen LogP contribution in [0, 0.1) is 5.92 Å². The van der Waals surface area contributed by atoms with Gasteiger partial charge in [0, 0.05) is 31.7 Å². The van der Waals surface area contributed by atoms with Crippen LogP contribution in [0.5, 0.6) is 0 Å². The molecule has 2 aliphatic heterocycles. The van der Waals surface area contributed by atoms with Crippen molar-refractivity contribution in [1.29, 1.82) is 0 Å². The van der Waals surface area contributed by atoms with Crippen molar-refractivity contribution in [2.75, 3.05) is 31.1 Å². The van der Waals surface area contributed by atoms with Crippen molar-refractivity contribution in [3.05, 3.63) is 21.6 Å². The first-order valence-corrected chi connectivity index (χ1v) is 11.0. The molecule has 0 saturated carbocycles. The summed E-state index contributed by atoms with van der Waals surface area (Å²) in [6, 6.07) is 0. The van der Waals surface area contributed by atoms with Gasteiger partial charge in [0.15, 0.2) is 0 Å². The number of rotatable bonds is 2. The van der Waals surface area contributed by atoms with Crippen molar-refractivity contribution >= 4 is 27.3 Å². The number of fused-ring (bicyclic) bond motifs is 2. The lowest BCUT2D eigenvalue weighted by Crippen LogP contribution is -2.44. The van der Waals surface area contributed by atoms with Gasteiger partial charge in [0.2, 0.25) is 16.0 Å². The number of likely N-dealkylation sites (tertiary alicyclic amines) is 1. The molecule has 1 amide bonds. The van der Waals surface area contributed by atoms with E-state index in [4.69, 9.17) is 4.98 Å². The number of carbonyl (C=O) groups is 1. The Kier molecular flexibility index (Phi) is 4.38. The Morgan fingerprint density at radius 3 is 2.70 bits per heavy atom. The monoisotopic (exact) mass is 387 g/mol. The number of aromatic nitrogens is 3. The Hall–Kier alpha value is -1.96. The number of anilines is 1. The van der Waals surface area contributed by atoms with Crippen LogP contribution in [0.1, 0.15) is 49.8 Å². The third-order valence-electron chi connectivity index (χ3n) is 6.13. The van der Waals surface area contributed by atoms with E-state index in [0.29, 0.717) is 17.4 Å². The minimum Gasteiger partial charge on any atom is -0.346 e. The molecule has 0 spiro atoms. The topological polar surface area (TPSA) is 70.8 Å². The first-order chi connectivity index (χ1) is 13.2. The average Bonchev–Trinajstić information content (AvgIpc) is 3.38. The lowest BCUT2D eigenvalue weighted by molar-refractivity contribution is -0.134. The second-order valence-electron chi connectivity index (χ2n) is 7.95. The number of nitrogens with zero attached hydrogens (tertiary/aromatic N) is 5. The van der Waals surface area contributed by atoms with Gasteiger partial charge < -0.3 is 9.80 Å². The smallest absolute Gasteiger partial charge is 0.278 e. The van der Waals surface area contributed by atoms with Gasteiger partial charge in [-0.25, -0.2) is 4.98 Å². The molecule has 2 fully saturated rings. The van der Waals surface area contributed by atoms with Crippen LogP contribution < -0.4 is 10.5 Å². The van der Waals surface area contributed by atoms with Crippen molar-refractivity contribution in [2.24, 2.45) is 5.92 Å². The maximum absolute atomic E-state index is 12.8. The van der Waals surface area contributed by atoms with Crippen molar-refractivity contribution in [3.63, 3.8) is 0 Å². The summed E-state index contributed by atoms with van der Waals surface area (Å²) in [6.07, 6.45) is 8.05. The SMILES string of the molecule is O=C(C1CCCN(c2nn3c(=O)c4c(nc3s2)CCCC4)C1)N1CCCC1. The molecule has 8 heteroatoms. The molecule has 2 aromatic rings. The molecule has 0 N–H and O–H groups in total. The second kappa shape index (κ2) is 6.89. The van der Waals surface area contributed by atoms with Crippen molar-refractivity contribution in [2.45, 2.75) is 51.4 Å². The molecule has 2 aromatic heterocycles. The lowest BCUT2D eigenvalue weighted by Gasteiger charge is -2.33. The highest BCUT2D eigenvalue weighted by atomic mass is 32.1. The molecule has 0 aromatic carbocycles. The van der Waals surface area contributed by atoms with Crippen molar-refractivity contribution in [3.8, 4) is 0 Å². The van der Waals surface area contributed by atoms with Crippen LogP contribution in [0.2, 0.25) is 0 Å². The number of carbonyl (C=O) groups excluding carboxylic acids is 1. The van der Waals surface area contributed by atoms with Gasteiger partial charge in [-0.15, -0.1) is 5.10 Å².